The lowest BCUT2D eigenvalue weighted by molar-refractivity contribution is 0.0702. The lowest BCUT2D eigenvalue weighted by Crippen LogP contribution is -2.10. The first kappa shape index (κ1) is 16.9. The summed E-state index contributed by atoms with van der Waals surface area (Å²) in [5.74, 6) is -0.114. The van der Waals surface area contributed by atoms with Crippen LogP contribution in [0.15, 0.2) is 35.1 Å². The van der Waals surface area contributed by atoms with E-state index in [4.69, 9.17) is 9.84 Å². The van der Waals surface area contributed by atoms with Crippen LogP contribution in [-0.4, -0.2) is 43.1 Å². The second-order valence-electron chi connectivity index (χ2n) is 5.54. The molecule has 10 heteroatoms. The van der Waals surface area contributed by atoms with Gasteiger partial charge in [-0.2, -0.15) is 0 Å². The number of fused-ring (bicyclic) bond motifs is 1. The third-order valence-corrected chi connectivity index (χ3v) is 4.96. The van der Waals surface area contributed by atoms with Gasteiger partial charge in [-0.25, -0.2) is 14.9 Å². The SMILES string of the molecule is CCOc1cc(-c2ccc(C(=O)O)s2)ccc1-c1nc2[nH]nnc2c(=O)[nH]1. The Balaban J connectivity index is 1.82. The molecule has 0 radical (unpaired) electrons. The number of nitrogens with zero attached hydrogens (tertiary/aromatic N) is 3. The molecule has 4 aromatic rings. The normalized spacial score (nSPS) is 11.0. The first-order valence-electron chi connectivity index (χ1n) is 7.98. The number of rotatable bonds is 5. The second-order valence-corrected chi connectivity index (χ2v) is 6.62. The van der Waals surface area contributed by atoms with E-state index in [0.29, 0.717) is 23.7 Å². The fourth-order valence-corrected chi connectivity index (χ4v) is 3.48. The molecule has 1 aromatic carbocycles. The number of H-pyrrole nitrogens is 2. The third kappa shape index (κ3) is 3.06. The van der Waals surface area contributed by atoms with E-state index >= 15 is 0 Å². The van der Waals surface area contributed by atoms with Gasteiger partial charge in [0.05, 0.1) is 12.2 Å². The Kier molecular flexibility index (Phi) is 4.16. The minimum absolute atomic E-state index is 0.133. The summed E-state index contributed by atoms with van der Waals surface area (Å²) in [7, 11) is 0. The Morgan fingerprint density at radius 1 is 1.30 bits per heavy atom. The van der Waals surface area contributed by atoms with Crippen LogP contribution < -0.4 is 10.3 Å². The van der Waals surface area contributed by atoms with Gasteiger partial charge in [0.2, 0.25) is 0 Å². The number of aromatic amines is 2. The minimum Gasteiger partial charge on any atom is -0.493 e. The fraction of sp³-hybridized carbons (Fsp3) is 0.118. The fourth-order valence-electron chi connectivity index (χ4n) is 2.64. The first-order valence-corrected chi connectivity index (χ1v) is 8.80. The Labute approximate surface area is 155 Å². The number of aromatic carboxylic acids is 1. The van der Waals surface area contributed by atoms with Crippen molar-refractivity contribution in [3.63, 3.8) is 0 Å². The molecule has 0 fully saturated rings. The predicted octanol–water partition coefficient (Wildman–Crippen LogP) is 2.53. The van der Waals surface area contributed by atoms with Gasteiger partial charge in [0.1, 0.15) is 16.5 Å². The minimum atomic E-state index is -0.962. The van der Waals surface area contributed by atoms with Crippen molar-refractivity contribution in [3.8, 4) is 27.6 Å². The zero-order valence-corrected chi connectivity index (χ0v) is 14.8. The summed E-state index contributed by atoms with van der Waals surface area (Å²) in [6.45, 7) is 2.27. The van der Waals surface area contributed by atoms with Crippen molar-refractivity contribution in [3.05, 3.63) is 45.6 Å². The van der Waals surface area contributed by atoms with Crippen molar-refractivity contribution in [2.24, 2.45) is 0 Å². The van der Waals surface area contributed by atoms with E-state index in [9.17, 15) is 9.59 Å². The van der Waals surface area contributed by atoms with E-state index in [2.05, 4.69) is 25.4 Å². The van der Waals surface area contributed by atoms with Crippen molar-refractivity contribution in [1.82, 2.24) is 25.4 Å². The number of ether oxygens (including phenoxy) is 1. The molecule has 27 heavy (non-hydrogen) atoms. The second kappa shape index (κ2) is 6.65. The van der Waals surface area contributed by atoms with Crippen LogP contribution in [0, 0.1) is 0 Å². The summed E-state index contributed by atoms with van der Waals surface area (Å²) in [6, 6.07) is 8.71. The van der Waals surface area contributed by atoms with Gasteiger partial charge in [-0.1, -0.05) is 11.3 Å². The third-order valence-electron chi connectivity index (χ3n) is 3.84. The summed E-state index contributed by atoms with van der Waals surface area (Å²) in [6.07, 6.45) is 0. The maximum Gasteiger partial charge on any atom is 0.345 e. The molecule has 9 nitrogen and oxygen atoms in total. The Morgan fingerprint density at radius 3 is 2.89 bits per heavy atom. The van der Waals surface area contributed by atoms with Crippen LogP contribution in [0.1, 0.15) is 16.6 Å². The van der Waals surface area contributed by atoms with E-state index < -0.39 is 11.5 Å². The van der Waals surface area contributed by atoms with Gasteiger partial charge in [0, 0.05) is 4.88 Å². The Hall–Kier alpha value is -3.53. The van der Waals surface area contributed by atoms with Crippen molar-refractivity contribution in [1.29, 1.82) is 0 Å². The lowest BCUT2D eigenvalue weighted by Gasteiger charge is -2.11. The van der Waals surface area contributed by atoms with Crippen LogP contribution in [-0.2, 0) is 0 Å². The molecule has 3 aromatic heterocycles. The molecule has 0 atom stereocenters. The van der Waals surface area contributed by atoms with Gasteiger partial charge < -0.3 is 14.8 Å². The monoisotopic (exact) mass is 383 g/mol. The van der Waals surface area contributed by atoms with Crippen LogP contribution in [0.5, 0.6) is 5.75 Å². The molecule has 0 amide bonds. The maximum absolute atomic E-state index is 12.1. The van der Waals surface area contributed by atoms with Gasteiger partial charge in [0.25, 0.3) is 5.56 Å². The summed E-state index contributed by atoms with van der Waals surface area (Å²) in [4.78, 5) is 31.3. The number of benzene rings is 1. The lowest BCUT2D eigenvalue weighted by atomic mass is 10.1. The number of nitrogens with one attached hydrogen (secondary N) is 2. The van der Waals surface area contributed by atoms with E-state index in [1.165, 1.54) is 11.3 Å². The van der Waals surface area contributed by atoms with E-state index in [0.717, 1.165) is 10.4 Å². The summed E-state index contributed by atoms with van der Waals surface area (Å²) in [5.41, 5.74) is 1.42. The quantitative estimate of drug-likeness (QED) is 0.482. The molecule has 0 saturated carbocycles. The highest BCUT2D eigenvalue weighted by atomic mass is 32.1. The highest BCUT2D eigenvalue weighted by molar-refractivity contribution is 7.17. The van der Waals surface area contributed by atoms with Crippen LogP contribution in [0.3, 0.4) is 0 Å². The number of carboxylic acid groups (broad SMARTS) is 1. The number of aromatic nitrogens is 5. The van der Waals surface area contributed by atoms with E-state index in [1.54, 1.807) is 24.3 Å². The molecular formula is C17H13N5O4S. The first-order chi connectivity index (χ1) is 13.1. The number of hydrogen-bond donors (Lipinski definition) is 3. The van der Waals surface area contributed by atoms with Crippen molar-refractivity contribution >= 4 is 28.5 Å². The van der Waals surface area contributed by atoms with Crippen molar-refractivity contribution in [2.75, 3.05) is 6.61 Å². The van der Waals surface area contributed by atoms with E-state index in [1.807, 2.05) is 13.0 Å². The van der Waals surface area contributed by atoms with Crippen LogP contribution in [0.4, 0.5) is 0 Å². The van der Waals surface area contributed by atoms with Gasteiger partial charge in [-0.15, -0.1) is 16.4 Å². The zero-order valence-electron chi connectivity index (χ0n) is 14.0. The molecule has 0 saturated heterocycles. The van der Waals surface area contributed by atoms with Gasteiger partial charge in [-0.05, 0) is 36.8 Å². The average molecular weight is 383 g/mol. The molecule has 0 spiro atoms. The van der Waals surface area contributed by atoms with Crippen LogP contribution in [0.2, 0.25) is 0 Å². The predicted molar refractivity (Wildman–Crippen MR) is 99.2 cm³/mol. The molecular weight excluding hydrogens is 370 g/mol. The van der Waals surface area contributed by atoms with Gasteiger partial charge >= 0.3 is 5.97 Å². The summed E-state index contributed by atoms with van der Waals surface area (Å²) >= 11 is 1.18. The zero-order chi connectivity index (χ0) is 19.0. The van der Waals surface area contributed by atoms with Gasteiger partial charge in [-0.3, -0.25) is 4.79 Å². The molecule has 136 valence electrons. The van der Waals surface area contributed by atoms with Crippen LogP contribution >= 0.6 is 11.3 Å². The van der Waals surface area contributed by atoms with Crippen molar-refractivity contribution in [2.45, 2.75) is 6.92 Å². The molecule has 4 rings (SSSR count). The van der Waals surface area contributed by atoms with Crippen LogP contribution in [0.25, 0.3) is 33.0 Å². The average Bonchev–Trinajstić information content (AvgIpc) is 3.31. The molecule has 0 aliphatic heterocycles. The molecule has 0 aliphatic rings. The Bertz CT molecular complexity index is 1210. The van der Waals surface area contributed by atoms with E-state index in [-0.39, 0.29) is 16.0 Å². The molecule has 0 aliphatic carbocycles. The summed E-state index contributed by atoms with van der Waals surface area (Å²) in [5, 5.41) is 19.0. The molecule has 3 N–H and O–H groups in total. The van der Waals surface area contributed by atoms with Gasteiger partial charge in [0.15, 0.2) is 11.2 Å². The topological polar surface area (TPSA) is 134 Å². The Morgan fingerprint density at radius 2 is 2.15 bits per heavy atom. The summed E-state index contributed by atoms with van der Waals surface area (Å²) < 4.78 is 5.73. The maximum atomic E-state index is 12.1. The molecule has 0 unspecified atom stereocenters. The number of carboxylic acids is 1. The standard InChI is InChI=1S/C17H13N5O4S/c1-2-26-10-7-8(11-5-6-12(27-11)17(24)25)3-4-9(10)14-18-15-13(16(23)19-14)20-22-21-15/h3-7H,2H2,1H3,(H,24,25)(H2,18,19,20,21,22,23). The largest absolute Gasteiger partial charge is 0.493 e. The van der Waals surface area contributed by atoms with Crippen molar-refractivity contribution < 1.29 is 14.6 Å². The highest BCUT2D eigenvalue weighted by Crippen LogP contribution is 2.35. The molecule has 0 bridgehead atoms. The number of carbonyl (C=O) groups is 1. The smallest absolute Gasteiger partial charge is 0.345 e. The molecule has 3 heterocycles. The number of hydrogen-bond acceptors (Lipinski definition) is 7. The number of thiophene rings is 1. The highest BCUT2D eigenvalue weighted by Gasteiger charge is 2.15.